The third kappa shape index (κ3) is 6.39. The molecule has 0 N–H and O–H groups in total. The van der Waals surface area contributed by atoms with Gasteiger partial charge in [0.1, 0.15) is 6.61 Å². The number of carbonyl (C=O) groups excluding carboxylic acids is 1. The van der Waals surface area contributed by atoms with Crippen LogP contribution >= 0.6 is 0 Å². The quantitative estimate of drug-likeness (QED) is 0.765. The summed E-state index contributed by atoms with van der Waals surface area (Å²) in [6.07, 6.45) is 0.950. The van der Waals surface area contributed by atoms with E-state index in [9.17, 15) is 4.79 Å². The fraction of sp³-hybridized carbons (Fsp3) is 0.562. The molecule has 0 saturated carbocycles. The topological polar surface area (TPSA) is 29.5 Å². The second-order valence-electron chi connectivity index (χ2n) is 6.38. The summed E-state index contributed by atoms with van der Waals surface area (Å²) >= 11 is 0. The van der Waals surface area contributed by atoms with Crippen molar-refractivity contribution in [1.29, 1.82) is 0 Å². The lowest BCUT2D eigenvalue weighted by molar-refractivity contribution is 0.0481. The molecule has 0 spiro atoms. The van der Waals surface area contributed by atoms with Crippen LogP contribution in [0.4, 0.5) is 0 Å². The van der Waals surface area contributed by atoms with Crippen molar-refractivity contribution in [2.24, 2.45) is 5.41 Å². The second-order valence-corrected chi connectivity index (χ2v) is 6.38. The normalized spacial score (nSPS) is 11.7. The fourth-order valence-electron chi connectivity index (χ4n) is 1.82. The molecule has 106 valence electrons. The average molecular weight is 263 g/mol. The van der Waals surface area contributed by atoms with Crippen LogP contribution in [0.15, 0.2) is 24.3 Å². The molecule has 0 fully saturated rings. The summed E-state index contributed by atoms with van der Waals surface area (Å²) < 4.78 is 5.24. The number of ether oxygens (including phenoxy) is 1. The maximum absolute atomic E-state index is 11.9. The van der Waals surface area contributed by atoms with E-state index in [1.165, 1.54) is 5.56 Å². The van der Waals surface area contributed by atoms with Crippen LogP contribution in [0.3, 0.4) is 0 Å². The van der Waals surface area contributed by atoms with Gasteiger partial charge in [0.05, 0.1) is 5.56 Å². The molecule has 0 heterocycles. The van der Waals surface area contributed by atoms with Crippen molar-refractivity contribution in [3.05, 3.63) is 35.4 Å². The molecule has 1 rings (SSSR count). The molecule has 3 nitrogen and oxygen atoms in total. The SMILES string of the molecule is CN(C)CCOC(=O)c1cccc(CC(C)(C)C)c1. The summed E-state index contributed by atoms with van der Waals surface area (Å²) in [4.78, 5) is 13.9. The molecular formula is C16H25NO2. The number of nitrogens with zero attached hydrogens (tertiary/aromatic N) is 1. The molecule has 0 atom stereocenters. The number of carbonyl (C=O) groups is 1. The van der Waals surface area contributed by atoms with E-state index < -0.39 is 0 Å². The first kappa shape index (κ1) is 15.7. The maximum atomic E-state index is 11.9. The van der Waals surface area contributed by atoms with E-state index in [0.29, 0.717) is 12.2 Å². The van der Waals surface area contributed by atoms with Gasteiger partial charge in [-0.05, 0) is 43.6 Å². The zero-order chi connectivity index (χ0) is 14.5. The second kappa shape index (κ2) is 6.71. The van der Waals surface area contributed by atoms with Gasteiger partial charge in [0.15, 0.2) is 0 Å². The minimum absolute atomic E-state index is 0.216. The van der Waals surface area contributed by atoms with Gasteiger partial charge >= 0.3 is 5.97 Å². The van der Waals surface area contributed by atoms with Crippen molar-refractivity contribution in [2.75, 3.05) is 27.2 Å². The maximum Gasteiger partial charge on any atom is 0.338 e. The van der Waals surface area contributed by atoms with E-state index in [2.05, 4.69) is 26.8 Å². The summed E-state index contributed by atoms with van der Waals surface area (Å²) in [5, 5.41) is 0. The smallest absolute Gasteiger partial charge is 0.338 e. The first-order valence-corrected chi connectivity index (χ1v) is 6.69. The molecule has 0 aliphatic heterocycles. The average Bonchev–Trinajstić information content (AvgIpc) is 2.26. The molecule has 0 radical (unpaired) electrons. The summed E-state index contributed by atoms with van der Waals surface area (Å²) in [5.74, 6) is -0.238. The molecular weight excluding hydrogens is 238 g/mol. The van der Waals surface area contributed by atoms with Crippen LogP contribution in [0.2, 0.25) is 0 Å². The Hall–Kier alpha value is -1.35. The number of rotatable bonds is 5. The van der Waals surface area contributed by atoms with E-state index in [1.807, 2.05) is 37.2 Å². The van der Waals surface area contributed by atoms with Crippen molar-refractivity contribution in [1.82, 2.24) is 4.90 Å². The number of likely N-dealkylation sites (N-methyl/N-ethyl adjacent to an activating group) is 1. The van der Waals surface area contributed by atoms with Gasteiger partial charge in [-0.25, -0.2) is 4.79 Å². The molecule has 3 heteroatoms. The largest absolute Gasteiger partial charge is 0.461 e. The van der Waals surface area contributed by atoms with Crippen LogP contribution in [-0.2, 0) is 11.2 Å². The highest BCUT2D eigenvalue weighted by molar-refractivity contribution is 5.89. The predicted octanol–water partition coefficient (Wildman–Crippen LogP) is 2.99. The van der Waals surface area contributed by atoms with Crippen molar-refractivity contribution in [3.8, 4) is 0 Å². The van der Waals surface area contributed by atoms with Gasteiger partial charge in [0.2, 0.25) is 0 Å². The van der Waals surface area contributed by atoms with Gasteiger partial charge < -0.3 is 9.64 Å². The Kier molecular flexibility index (Phi) is 5.55. The standard InChI is InChI=1S/C16H25NO2/c1-16(2,3)12-13-7-6-8-14(11-13)15(18)19-10-9-17(4)5/h6-8,11H,9-10,12H2,1-5H3. The Labute approximate surface area is 116 Å². The van der Waals surface area contributed by atoms with Gasteiger partial charge in [-0.1, -0.05) is 32.9 Å². The zero-order valence-electron chi connectivity index (χ0n) is 12.7. The van der Waals surface area contributed by atoms with Crippen LogP contribution < -0.4 is 0 Å². The van der Waals surface area contributed by atoms with Crippen molar-refractivity contribution in [2.45, 2.75) is 27.2 Å². The minimum atomic E-state index is -0.238. The Morgan fingerprint density at radius 3 is 2.53 bits per heavy atom. The highest BCUT2D eigenvalue weighted by atomic mass is 16.5. The lowest BCUT2D eigenvalue weighted by Gasteiger charge is -2.18. The molecule has 0 amide bonds. The number of benzene rings is 1. The predicted molar refractivity (Wildman–Crippen MR) is 78.4 cm³/mol. The summed E-state index contributed by atoms with van der Waals surface area (Å²) in [7, 11) is 3.91. The molecule has 0 saturated heterocycles. The van der Waals surface area contributed by atoms with Gasteiger partial charge in [0, 0.05) is 6.54 Å². The van der Waals surface area contributed by atoms with Crippen LogP contribution in [0.1, 0.15) is 36.7 Å². The Balaban J connectivity index is 2.63. The van der Waals surface area contributed by atoms with E-state index in [0.717, 1.165) is 13.0 Å². The highest BCUT2D eigenvalue weighted by Crippen LogP contribution is 2.21. The lowest BCUT2D eigenvalue weighted by atomic mass is 9.88. The Bertz CT molecular complexity index is 419. The van der Waals surface area contributed by atoms with Crippen molar-refractivity contribution >= 4 is 5.97 Å². The summed E-state index contributed by atoms with van der Waals surface area (Å²) in [6, 6.07) is 7.72. The van der Waals surface area contributed by atoms with Crippen LogP contribution in [0, 0.1) is 5.41 Å². The first-order valence-electron chi connectivity index (χ1n) is 6.69. The molecule has 19 heavy (non-hydrogen) atoms. The van der Waals surface area contributed by atoms with Gasteiger partial charge in [-0.2, -0.15) is 0 Å². The Morgan fingerprint density at radius 2 is 1.95 bits per heavy atom. The molecule has 0 aliphatic rings. The van der Waals surface area contributed by atoms with Gasteiger partial charge in [-0.15, -0.1) is 0 Å². The Morgan fingerprint density at radius 1 is 1.26 bits per heavy atom. The lowest BCUT2D eigenvalue weighted by Crippen LogP contribution is -2.20. The fourth-order valence-corrected chi connectivity index (χ4v) is 1.82. The molecule has 0 bridgehead atoms. The number of hydrogen-bond acceptors (Lipinski definition) is 3. The van der Waals surface area contributed by atoms with E-state index >= 15 is 0 Å². The third-order valence-electron chi connectivity index (χ3n) is 2.67. The molecule has 0 aromatic heterocycles. The molecule has 1 aromatic rings. The number of esters is 1. The van der Waals surface area contributed by atoms with Crippen molar-refractivity contribution in [3.63, 3.8) is 0 Å². The van der Waals surface area contributed by atoms with Gasteiger partial charge in [-0.3, -0.25) is 0 Å². The highest BCUT2D eigenvalue weighted by Gasteiger charge is 2.13. The first-order chi connectivity index (χ1) is 8.78. The summed E-state index contributed by atoms with van der Waals surface area (Å²) in [5.41, 5.74) is 2.03. The zero-order valence-corrected chi connectivity index (χ0v) is 12.7. The van der Waals surface area contributed by atoms with E-state index in [-0.39, 0.29) is 11.4 Å². The van der Waals surface area contributed by atoms with Crippen LogP contribution in [0.25, 0.3) is 0 Å². The van der Waals surface area contributed by atoms with Crippen LogP contribution in [-0.4, -0.2) is 38.1 Å². The monoisotopic (exact) mass is 263 g/mol. The summed E-state index contributed by atoms with van der Waals surface area (Å²) in [6.45, 7) is 7.74. The van der Waals surface area contributed by atoms with Crippen molar-refractivity contribution < 1.29 is 9.53 Å². The molecule has 1 aromatic carbocycles. The van der Waals surface area contributed by atoms with E-state index in [4.69, 9.17) is 4.74 Å². The minimum Gasteiger partial charge on any atom is -0.461 e. The molecule has 0 aliphatic carbocycles. The third-order valence-corrected chi connectivity index (χ3v) is 2.67. The molecule has 0 unspecified atom stereocenters. The number of hydrogen-bond donors (Lipinski definition) is 0. The van der Waals surface area contributed by atoms with Gasteiger partial charge in [0.25, 0.3) is 0 Å². The van der Waals surface area contributed by atoms with Crippen LogP contribution in [0.5, 0.6) is 0 Å². The van der Waals surface area contributed by atoms with E-state index in [1.54, 1.807) is 0 Å².